The SMILES string of the molecule is C/C=C1\N=C(c2ccc(CCCCCC)cc2)OC1=O. The molecule has 0 saturated carbocycles. The number of aryl methyl sites for hydroxylation is 1. The Morgan fingerprint density at radius 2 is 1.90 bits per heavy atom. The number of aliphatic imine (C=N–C) groups is 1. The lowest BCUT2D eigenvalue weighted by atomic mass is 10.0. The predicted octanol–water partition coefficient (Wildman–Crippen LogP) is 4.02. The molecule has 20 heavy (non-hydrogen) atoms. The molecule has 0 aliphatic carbocycles. The number of allylic oxidation sites excluding steroid dienone is 1. The molecular weight excluding hydrogens is 250 g/mol. The summed E-state index contributed by atoms with van der Waals surface area (Å²) in [6.07, 6.45) is 7.84. The van der Waals surface area contributed by atoms with Crippen LogP contribution in [-0.2, 0) is 16.0 Å². The first-order chi connectivity index (χ1) is 9.74. The predicted molar refractivity (Wildman–Crippen MR) is 80.7 cm³/mol. The monoisotopic (exact) mass is 271 g/mol. The molecule has 3 heteroatoms. The van der Waals surface area contributed by atoms with Crippen molar-refractivity contribution in [2.45, 2.75) is 46.0 Å². The molecule has 0 N–H and O–H groups in total. The summed E-state index contributed by atoms with van der Waals surface area (Å²) in [6.45, 7) is 4.00. The van der Waals surface area contributed by atoms with Crippen LogP contribution in [0.2, 0.25) is 0 Å². The Morgan fingerprint density at radius 3 is 2.50 bits per heavy atom. The summed E-state index contributed by atoms with van der Waals surface area (Å²) >= 11 is 0. The highest BCUT2D eigenvalue weighted by atomic mass is 16.6. The van der Waals surface area contributed by atoms with Crippen molar-refractivity contribution in [2.75, 3.05) is 0 Å². The topological polar surface area (TPSA) is 38.7 Å². The van der Waals surface area contributed by atoms with Gasteiger partial charge in [0.1, 0.15) is 5.70 Å². The Morgan fingerprint density at radius 1 is 1.15 bits per heavy atom. The second-order valence-corrected chi connectivity index (χ2v) is 4.99. The molecule has 3 nitrogen and oxygen atoms in total. The van der Waals surface area contributed by atoms with E-state index in [2.05, 4.69) is 24.0 Å². The molecule has 106 valence electrons. The smallest absolute Gasteiger partial charge is 0.363 e. The molecular formula is C17H21NO2. The van der Waals surface area contributed by atoms with Crippen molar-refractivity contribution in [3.8, 4) is 0 Å². The molecule has 0 aromatic heterocycles. The maximum atomic E-state index is 11.5. The van der Waals surface area contributed by atoms with Crippen molar-refractivity contribution in [1.29, 1.82) is 0 Å². The summed E-state index contributed by atoms with van der Waals surface area (Å²) < 4.78 is 5.15. The molecule has 1 aromatic rings. The van der Waals surface area contributed by atoms with Crippen LogP contribution in [0.4, 0.5) is 0 Å². The van der Waals surface area contributed by atoms with E-state index in [9.17, 15) is 4.79 Å². The highest BCUT2D eigenvalue weighted by Gasteiger charge is 2.22. The number of unbranched alkanes of at least 4 members (excludes halogenated alkanes) is 3. The summed E-state index contributed by atoms with van der Waals surface area (Å²) in [5.74, 6) is 0.0341. The maximum absolute atomic E-state index is 11.5. The second-order valence-electron chi connectivity index (χ2n) is 4.99. The fraction of sp³-hybridized carbons (Fsp3) is 0.412. The van der Waals surface area contributed by atoms with Gasteiger partial charge in [-0.3, -0.25) is 0 Å². The van der Waals surface area contributed by atoms with Gasteiger partial charge in [0.2, 0.25) is 5.90 Å². The highest BCUT2D eigenvalue weighted by molar-refractivity contribution is 6.11. The molecule has 1 heterocycles. The minimum absolute atomic E-state index is 0.369. The van der Waals surface area contributed by atoms with Gasteiger partial charge < -0.3 is 4.74 Å². The molecule has 1 aliphatic heterocycles. The van der Waals surface area contributed by atoms with E-state index < -0.39 is 0 Å². The largest absolute Gasteiger partial charge is 0.402 e. The summed E-state index contributed by atoms with van der Waals surface area (Å²) in [5, 5.41) is 0. The number of cyclic esters (lactones) is 1. The second kappa shape index (κ2) is 7.04. The van der Waals surface area contributed by atoms with Gasteiger partial charge in [0.15, 0.2) is 0 Å². The fourth-order valence-electron chi connectivity index (χ4n) is 2.19. The molecule has 0 radical (unpaired) electrons. The van der Waals surface area contributed by atoms with Crippen molar-refractivity contribution in [1.82, 2.24) is 0 Å². The van der Waals surface area contributed by atoms with Crippen molar-refractivity contribution in [2.24, 2.45) is 4.99 Å². The lowest BCUT2D eigenvalue weighted by molar-refractivity contribution is -0.130. The highest BCUT2D eigenvalue weighted by Crippen LogP contribution is 2.17. The molecule has 0 saturated heterocycles. The van der Waals surface area contributed by atoms with E-state index in [1.807, 2.05) is 12.1 Å². The fourth-order valence-corrected chi connectivity index (χ4v) is 2.19. The quantitative estimate of drug-likeness (QED) is 0.445. The van der Waals surface area contributed by atoms with Crippen molar-refractivity contribution in [3.63, 3.8) is 0 Å². The van der Waals surface area contributed by atoms with Crippen LogP contribution in [0.1, 0.15) is 50.7 Å². The molecule has 1 aliphatic rings. The third kappa shape index (κ3) is 3.56. The van der Waals surface area contributed by atoms with E-state index >= 15 is 0 Å². The van der Waals surface area contributed by atoms with Gasteiger partial charge in [-0.2, -0.15) is 0 Å². The minimum atomic E-state index is -0.369. The molecule has 1 aromatic carbocycles. The molecule has 0 unspecified atom stereocenters. The first-order valence-corrected chi connectivity index (χ1v) is 7.31. The number of hydrogen-bond acceptors (Lipinski definition) is 3. The van der Waals surface area contributed by atoms with Crippen LogP contribution in [0, 0.1) is 0 Å². The van der Waals surface area contributed by atoms with Gasteiger partial charge in [0.25, 0.3) is 0 Å². The van der Waals surface area contributed by atoms with Crippen LogP contribution in [0.25, 0.3) is 0 Å². The first-order valence-electron chi connectivity index (χ1n) is 7.31. The lowest BCUT2D eigenvalue weighted by Crippen LogP contribution is -2.05. The van der Waals surface area contributed by atoms with Crippen LogP contribution in [0.3, 0.4) is 0 Å². The zero-order valence-corrected chi connectivity index (χ0v) is 12.2. The number of nitrogens with zero attached hydrogens (tertiary/aromatic N) is 1. The first kappa shape index (κ1) is 14.5. The van der Waals surface area contributed by atoms with Crippen LogP contribution in [0.15, 0.2) is 41.0 Å². The van der Waals surface area contributed by atoms with E-state index in [4.69, 9.17) is 4.74 Å². The standard InChI is InChI=1S/C17H21NO2/c1-3-5-6-7-8-13-9-11-14(12-10-13)16-18-15(4-2)17(19)20-16/h4,9-12H,3,5-8H2,1-2H3/b15-4-. The Labute approximate surface area is 120 Å². The van der Waals surface area contributed by atoms with Gasteiger partial charge >= 0.3 is 5.97 Å². The number of esters is 1. The third-order valence-corrected chi connectivity index (χ3v) is 3.41. The average molecular weight is 271 g/mol. The van der Waals surface area contributed by atoms with Crippen LogP contribution >= 0.6 is 0 Å². The van der Waals surface area contributed by atoms with E-state index in [0.717, 1.165) is 12.0 Å². The van der Waals surface area contributed by atoms with Crippen molar-refractivity contribution < 1.29 is 9.53 Å². The minimum Gasteiger partial charge on any atom is -0.402 e. The van der Waals surface area contributed by atoms with Gasteiger partial charge in [-0.05, 0) is 37.5 Å². The van der Waals surface area contributed by atoms with Gasteiger partial charge in [0.05, 0.1) is 0 Å². The summed E-state index contributed by atoms with van der Waals surface area (Å²) in [4.78, 5) is 15.6. The number of ether oxygens (including phenoxy) is 1. The van der Waals surface area contributed by atoms with E-state index in [1.165, 1.54) is 31.2 Å². The van der Waals surface area contributed by atoms with Crippen LogP contribution < -0.4 is 0 Å². The molecule has 2 rings (SSSR count). The third-order valence-electron chi connectivity index (χ3n) is 3.41. The van der Waals surface area contributed by atoms with Crippen molar-refractivity contribution >= 4 is 11.9 Å². The molecule has 0 bridgehead atoms. The van der Waals surface area contributed by atoms with Gasteiger partial charge in [0, 0.05) is 5.56 Å². The van der Waals surface area contributed by atoms with E-state index in [-0.39, 0.29) is 5.97 Å². The summed E-state index contributed by atoms with van der Waals surface area (Å²) in [5.41, 5.74) is 2.55. The molecule has 0 amide bonds. The number of benzene rings is 1. The van der Waals surface area contributed by atoms with Gasteiger partial charge in [-0.25, -0.2) is 9.79 Å². The maximum Gasteiger partial charge on any atom is 0.363 e. The van der Waals surface area contributed by atoms with E-state index in [0.29, 0.717) is 11.6 Å². The Kier molecular flexibility index (Phi) is 5.10. The lowest BCUT2D eigenvalue weighted by Gasteiger charge is -2.03. The number of carbonyl (C=O) groups is 1. The normalized spacial score (nSPS) is 16.4. The van der Waals surface area contributed by atoms with Gasteiger partial charge in [-0.15, -0.1) is 0 Å². The van der Waals surface area contributed by atoms with E-state index in [1.54, 1.807) is 13.0 Å². The zero-order chi connectivity index (χ0) is 14.4. The number of carbonyl (C=O) groups excluding carboxylic acids is 1. The summed E-state index contributed by atoms with van der Waals surface area (Å²) in [7, 11) is 0. The molecule has 0 atom stereocenters. The average Bonchev–Trinajstić information content (AvgIpc) is 2.85. The van der Waals surface area contributed by atoms with Gasteiger partial charge in [-0.1, -0.05) is 44.4 Å². The Bertz CT molecular complexity index is 526. The Balaban J connectivity index is 1.97. The number of hydrogen-bond donors (Lipinski definition) is 0. The van der Waals surface area contributed by atoms with Crippen molar-refractivity contribution in [3.05, 3.63) is 47.2 Å². The Hall–Kier alpha value is -1.90. The molecule has 0 spiro atoms. The molecule has 0 fully saturated rings. The van der Waals surface area contributed by atoms with Crippen LogP contribution in [0.5, 0.6) is 0 Å². The zero-order valence-electron chi connectivity index (χ0n) is 12.2. The van der Waals surface area contributed by atoms with Crippen LogP contribution in [-0.4, -0.2) is 11.9 Å². The summed E-state index contributed by atoms with van der Waals surface area (Å²) in [6, 6.07) is 8.12. The number of rotatable bonds is 6.